The van der Waals surface area contributed by atoms with Crippen molar-refractivity contribution in [1.82, 2.24) is 18.9 Å². The predicted molar refractivity (Wildman–Crippen MR) is 95.4 cm³/mol. The number of methoxy groups -OCH3 is 1. The van der Waals surface area contributed by atoms with Gasteiger partial charge in [-0.2, -0.15) is 31.0 Å². The Bertz CT molecular complexity index is 983. The largest absolute Gasteiger partial charge is 0.494 e. The Morgan fingerprint density at radius 1 is 1.32 bits per heavy atom. The minimum absolute atomic E-state index is 0.139. The first-order valence-electron chi connectivity index (χ1n) is 8.45. The number of rotatable bonds is 4. The van der Waals surface area contributed by atoms with Gasteiger partial charge in [0.15, 0.2) is 11.6 Å². The molecule has 2 aromatic rings. The third-order valence-corrected chi connectivity index (χ3v) is 5.97. The van der Waals surface area contributed by atoms with Crippen LogP contribution in [-0.2, 0) is 16.4 Å². The minimum atomic E-state index is -4.65. The number of anilines is 1. The van der Waals surface area contributed by atoms with Crippen LogP contribution < -0.4 is 14.8 Å². The molecular formula is C15H21F3N6O3S. The van der Waals surface area contributed by atoms with E-state index in [1.165, 1.54) is 20.4 Å². The van der Waals surface area contributed by atoms with Gasteiger partial charge in [-0.1, -0.05) is 0 Å². The van der Waals surface area contributed by atoms with E-state index in [2.05, 4.69) is 10.1 Å². The van der Waals surface area contributed by atoms with E-state index in [1.807, 2.05) is 0 Å². The zero-order valence-electron chi connectivity index (χ0n) is 15.6. The summed E-state index contributed by atoms with van der Waals surface area (Å²) in [7, 11) is -1.28. The second-order valence-electron chi connectivity index (χ2n) is 6.63. The van der Waals surface area contributed by atoms with E-state index in [9.17, 15) is 21.6 Å². The Kier molecular flexibility index (Phi) is 5.18. The monoisotopic (exact) mass is 422 g/mol. The van der Waals surface area contributed by atoms with Gasteiger partial charge >= 0.3 is 6.18 Å². The molecule has 0 spiro atoms. The zero-order chi connectivity index (χ0) is 20.9. The van der Waals surface area contributed by atoms with Gasteiger partial charge in [0.2, 0.25) is 0 Å². The van der Waals surface area contributed by atoms with Crippen LogP contribution >= 0.6 is 0 Å². The second kappa shape index (κ2) is 7.04. The third-order valence-electron chi connectivity index (χ3n) is 4.87. The van der Waals surface area contributed by atoms with Crippen molar-refractivity contribution in [2.45, 2.75) is 32.0 Å². The van der Waals surface area contributed by atoms with Crippen LogP contribution in [0, 0.1) is 6.92 Å². The van der Waals surface area contributed by atoms with Crippen LogP contribution in [0.3, 0.4) is 0 Å². The average Bonchev–Trinajstić information content (AvgIpc) is 2.98. The summed E-state index contributed by atoms with van der Waals surface area (Å²) >= 11 is 0. The van der Waals surface area contributed by atoms with Crippen LogP contribution in [0.2, 0.25) is 0 Å². The van der Waals surface area contributed by atoms with Crippen molar-refractivity contribution in [3.8, 4) is 5.75 Å². The van der Waals surface area contributed by atoms with Crippen LogP contribution in [0.4, 0.5) is 19.0 Å². The highest BCUT2D eigenvalue weighted by atomic mass is 32.2. The first-order valence-corrected chi connectivity index (χ1v) is 9.95. The number of aryl methyl sites for hydroxylation is 1. The lowest BCUT2D eigenvalue weighted by Crippen LogP contribution is -2.48. The first-order chi connectivity index (χ1) is 12.9. The van der Waals surface area contributed by atoms with Gasteiger partial charge in [-0.25, -0.2) is 14.6 Å². The van der Waals surface area contributed by atoms with E-state index in [1.54, 1.807) is 11.8 Å². The van der Waals surface area contributed by atoms with Crippen LogP contribution in [-0.4, -0.2) is 60.6 Å². The van der Waals surface area contributed by atoms with E-state index in [0.29, 0.717) is 31.8 Å². The number of alkyl halides is 3. The molecule has 1 fully saturated rings. The Labute approximate surface area is 160 Å². The molecule has 0 bridgehead atoms. The molecule has 0 saturated carbocycles. The second-order valence-corrected chi connectivity index (χ2v) is 8.23. The number of ether oxygens (including phenoxy) is 1. The minimum Gasteiger partial charge on any atom is -0.494 e. The maximum atomic E-state index is 13.7. The van der Waals surface area contributed by atoms with Gasteiger partial charge in [0.05, 0.1) is 13.3 Å². The lowest BCUT2D eigenvalue weighted by atomic mass is 10.1. The Hall–Kier alpha value is -2.12. The summed E-state index contributed by atoms with van der Waals surface area (Å²) in [6.45, 7) is 2.23. The number of fused-ring (bicyclic) bond motifs is 1. The van der Waals surface area contributed by atoms with Gasteiger partial charge < -0.3 is 9.64 Å². The summed E-state index contributed by atoms with van der Waals surface area (Å²) in [4.78, 5) is 5.95. The first kappa shape index (κ1) is 20.6. The summed E-state index contributed by atoms with van der Waals surface area (Å²) < 4.78 is 71.2. The van der Waals surface area contributed by atoms with Gasteiger partial charge in [0.1, 0.15) is 16.9 Å². The van der Waals surface area contributed by atoms with Crippen LogP contribution in [0.1, 0.15) is 24.2 Å². The molecule has 156 valence electrons. The molecule has 0 radical (unpaired) electrons. The number of hydrogen-bond donors (Lipinski definition) is 1. The molecule has 0 unspecified atom stereocenters. The number of nitrogens with zero attached hydrogens (tertiary/aromatic N) is 5. The number of halogens is 3. The maximum Gasteiger partial charge on any atom is 0.422 e. The molecule has 1 aliphatic rings. The van der Waals surface area contributed by atoms with Crippen molar-refractivity contribution < 1.29 is 26.3 Å². The highest BCUT2D eigenvalue weighted by Gasteiger charge is 2.41. The van der Waals surface area contributed by atoms with Gasteiger partial charge in [-0.15, -0.1) is 0 Å². The van der Waals surface area contributed by atoms with E-state index in [0.717, 1.165) is 8.82 Å². The van der Waals surface area contributed by atoms with Gasteiger partial charge in [-0.05, 0) is 19.8 Å². The molecule has 28 heavy (non-hydrogen) atoms. The summed E-state index contributed by atoms with van der Waals surface area (Å²) in [6.07, 6.45) is -2.67. The molecule has 0 aliphatic carbocycles. The molecule has 3 heterocycles. The van der Waals surface area contributed by atoms with Crippen molar-refractivity contribution in [2.24, 2.45) is 5.14 Å². The van der Waals surface area contributed by atoms with Crippen molar-refractivity contribution >= 4 is 21.5 Å². The third kappa shape index (κ3) is 3.73. The normalized spacial score (nSPS) is 16.9. The molecule has 0 atom stereocenters. The van der Waals surface area contributed by atoms with Gasteiger partial charge in [0, 0.05) is 26.2 Å². The topological polar surface area (TPSA) is 106 Å². The van der Waals surface area contributed by atoms with E-state index >= 15 is 0 Å². The van der Waals surface area contributed by atoms with E-state index in [-0.39, 0.29) is 23.1 Å². The van der Waals surface area contributed by atoms with Crippen LogP contribution in [0.25, 0.3) is 5.52 Å². The molecule has 0 aromatic carbocycles. The highest BCUT2D eigenvalue weighted by molar-refractivity contribution is 7.86. The fraction of sp³-hybridized carbons (Fsp3) is 0.600. The summed E-state index contributed by atoms with van der Waals surface area (Å²) in [5.74, 6) is 0.106. The summed E-state index contributed by atoms with van der Waals surface area (Å²) in [5, 5.41) is 9.20. The molecule has 3 rings (SSSR count). The standard InChI is InChI=1S/C15H21F3N6O3S/c1-9-20-14(23-6-4-10(5-7-23)22(2)28(19,25)26)13-12(15(16,17)18)11(27-3)8-24(13)21-9/h8,10H,4-7H2,1-3H3,(H2,19,25,26). The lowest BCUT2D eigenvalue weighted by Gasteiger charge is -2.36. The van der Waals surface area contributed by atoms with E-state index in [4.69, 9.17) is 9.88 Å². The van der Waals surface area contributed by atoms with Crippen LogP contribution in [0.5, 0.6) is 5.75 Å². The molecule has 13 heteroatoms. The molecule has 2 N–H and O–H groups in total. The molecular weight excluding hydrogens is 401 g/mol. The fourth-order valence-electron chi connectivity index (χ4n) is 3.45. The van der Waals surface area contributed by atoms with Crippen molar-refractivity contribution in [1.29, 1.82) is 0 Å². The number of aromatic nitrogens is 3. The summed E-state index contributed by atoms with van der Waals surface area (Å²) in [6, 6.07) is -0.325. The smallest absolute Gasteiger partial charge is 0.422 e. The molecule has 0 amide bonds. The van der Waals surface area contributed by atoms with Gasteiger partial charge in [-0.3, -0.25) is 0 Å². The molecule has 9 nitrogen and oxygen atoms in total. The van der Waals surface area contributed by atoms with Crippen molar-refractivity contribution in [3.05, 3.63) is 17.6 Å². The highest BCUT2D eigenvalue weighted by Crippen LogP contribution is 2.43. The molecule has 1 aliphatic heterocycles. The molecule has 1 saturated heterocycles. The molecule has 2 aromatic heterocycles. The maximum absolute atomic E-state index is 13.7. The quantitative estimate of drug-likeness (QED) is 0.793. The fourth-order valence-corrected chi connectivity index (χ4v) is 4.07. The van der Waals surface area contributed by atoms with Crippen molar-refractivity contribution in [3.63, 3.8) is 0 Å². The Morgan fingerprint density at radius 3 is 2.43 bits per heavy atom. The number of piperidine rings is 1. The lowest BCUT2D eigenvalue weighted by molar-refractivity contribution is -0.137. The summed E-state index contributed by atoms with van der Waals surface area (Å²) in [5.41, 5.74) is -1.12. The average molecular weight is 422 g/mol. The number of hydrogen-bond acceptors (Lipinski definition) is 6. The van der Waals surface area contributed by atoms with Crippen LogP contribution in [0.15, 0.2) is 6.20 Å². The van der Waals surface area contributed by atoms with E-state index < -0.39 is 21.9 Å². The predicted octanol–water partition coefficient (Wildman–Crippen LogP) is 1.17. The zero-order valence-corrected chi connectivity index (χ0v) is 16.4. The number of nitrogens with two attached hydrogens (primary N) is 1. The Morgan fingerprint density at radius 2 is 1.93 bits per heavy atom. The van der Waals surface area contributed by atoms with Crippen molar-refractivity contribution in [2.75, 3.05) is 32.1 Å². The van der Waals surface area contributed by atoms with Gasteiger partial charge in [0.25, 0.3) is 10.2 Å². The Balaban J connectivity index is 2.01. The SMILES string of the molecule is COc1cn2nc(C)nc(N3CCC(N(C)S(N)(=O)=O)CC3)c2c1C(F)(F)F.